The molecule has 1 N–H and O–H groups in total. The zero-order chi connectivity index (χ0) is 19.6. The molecular weight excluding hydrogens is 384 g/mol. The van der Waals surface area contributed by atoms with Crippen LogP contribution >= 0.6 is 11.3 Å². The van der Waals surface area contributed by atoms with Crippen LogP contribution in [0.2, 0.25) is 0 Å². The van der Waals surface area contributed by atoms with Crippen molar-refractivity contribution >= 4 is 38.7 Å². The van der Waals surface area contributed by atoms with Crippen molar-refractivity contribution in [2.24, 2.45) is 5.92 Å². The highest BCUT2D eigenvalue weighted by Crippen LogP contribution is 2.27. The van der Waals surface area contributed by atoms with Crippen molar-refractivity contribution in [3.05, 3.63) is 46.2 Å². The lowest BCUT2D eigenvalue weighted by molar-refractivity contribution is 0.101. The summed E-state index contributed by atoms with van der Waals surface area (Å²) in [5.74, 6) is -0.149. The van der Waals surface area contributed by atoms with Gasteiger partial charge in [-0.15, -0.1) is 11.3 Å². The molecule has 0 spiro atoms. The molecule has 0 radical (unpaired) electrons. The average molecular weight is 407 g/mol. The second-order valence-corrected chi connectivity index (χ2v) is 9.70. The third kappa shape index (κ3) is 4.45. The Morgan fingerprint density at radius 3 is 2.74 bits per heavy atom. The molecule has 1 aromatic carbocycles. The van der Waals surface area contributed by atoms with Gasteiger partial charge in [0.25, 0.3) is 5.91 Å². The molecule has 1 aromatic heterocycles. The highest BCUT2D eigenvalue weighted by Gasteiger charge is 2.30. The quantitative estimate of drug-likeness (QED) is 0.769. The van der Waals surface area contributed by atoms with E-state index in [4.69, 9.17) is 0 Å². The van der Waals surface area contributed by atoms with E-state index >= 15 is 0 Å². The number of benzene rings is 1. The van der Waals surface area contributed by atoms with Gasteiger partial charge in [-0.2, -0.15) is 4.31 Å². The second-order valence-electron chi connectivity index (χ2n) is 6.85. The summed E-state index contributed by atoms with van der Waals surface area (Å²) in [7, 11) is -3.58. The smallest absolute Gasteiger partial charge is 0.265 e. The van der Waals surface area contributed by atoms with E-state index in [9.17, 15) is 18.0 Å². The van der Waals surface area contributed by atoms with E-state index in [0.717, 1.165) is 24.2 Å². The van der Waals surface area contributed by atoms with Crippen LogP contribution < -0.4 is 5.32 Å². The Hall–Kier alpha value is -2.03. The van der Waals surface area contributed by atoms with Gasteiger partial charge in [0.2, 0.25) is 10.0 Å². The molecule has 144 valence electrons. The first-order chi connectivity index (χ1) is 12.8. The van der Waals surface area contributed by atoms with Crippen LogP contribution in [0.4, 0.5) is 5.69 Å². The number of sulfonamides is 1. The summed E-state index contributed by atoms with van der Waals surface area (Å²) in [6, 6.07) is 8.07. The van der Waals surface area contributed by atoms with E-state index < -0.39 is 15.9 Å². The number of amides is 1. The summed E-state index contributed by atoms with van der Waals surface area (Å²) in [4.78, 5) is 24.4. The Bertz CT molecular complexity index is 966. The minimum absolute atomic E-state index is 0.0913. The number of nitrogens with zero attached hydrogens (tertiary/aromatic N) is 1. The predicted molar refractivity (Wildman–Crippen MR) is 106 cm³/mol. The summed E-state index contributed by atoms with van der Waals surface area (Å²) in [6.45, 7) is 4.53. The van der Waals surface area contributed by atoms with E-state index in [-0.39, 0.29) is 10.7 Å². The number of carbonyl (C=O) groups excluding carboxylic acids is 2. The van der Waals surface area contributed by atoms with Crippen molar-refractivity contribution < 1.29 is 18.0 Å². The molecule has 1 amide bonds. The number of hydrogen-bond acceptors (Lipinski definition) is 5. The summed E-state index contributed by atoms with van der Waals surface area (Å²) in [5.41, 5.74) is 0.997. The third-order valence-corrected chi connectivity index (χ3v) is 7.50. The van der Waals surface area contributed by atoms with E-state index in [1.54, 1.807) is 24.3 Å². The van der Waals surface area contributed by atoms with Crippen LogP contribution in [0.25, 0.3) is 0 Å². The second kappa shape index (κ2) is 7.92. The van der Waals surface area contributed by atoms with Crippen LogP contribution in [0.15, 0.2) is 40.6 Å². The number of nitrogens with one attached hydrogen (secondary N) is 1. The molecule has 0 saturated carbocycles. The van der Waals surface area contributed by atoms with Gasteiger partial charge in [0.05, 0.1) is 9.77 Å². The summed E-state index contributed by atoms with van der Waals surface area (Å²) >= 11 is 1.09. The molecule has 1 aliphatic heterocycles. The number of piperidine rings is 1. The van der Waals surface area contributed by atoms with Gasteiger partial charge in [0.15, 0.2) is 5.78 Å². The Morgan fingerprint density at radius 2 is 2.04 bits per heavy atom. The van der Waals surface area contributed by atoms with Gasteiger partial charge in [0, 0.05) is 29.7 Å². The van der Waals surface area contributed by atoms with Gasteiger partial charge < -0.3 is 5.32 Å². The summed E-state index contributed by atoms with van der Waals surface area (Å²) in [6.07, 6.45) is 1.88. The standard InChI is InChI=1S/C19H22N2O4S2/c1-13-5-4-8-21(11-13)27(24,25)17-10-18(26-12-17)19(23)20-16-7-3-6-15(9-16)14(2)22/h3,6-7,9-10,12-13H,4-5,8,11H2,1-2H3,(H,20,23). The average Bonchev–Trinajstić information content (AvgIpc) is 3.13. The first-order valence-corrected chi connectivity index (χ1v) is 11.1. The first-order valence-electron chi connectivity index (χ1n) is 8.78. The molecule has 2 aromatic rings. The van der Waals surface area contributed by atoms with E-state index in [2.05, 4.69) is 5.32 Å². The zero-order valence-corrected chi connectivity index (χ0v) is 16.9. The first kappa shape index (κ1) is 19.7. The molecule has 1 fully saturated rings. The number of rotatable bonds is 5. The Kier molecular flexibility index (Phi) is 5.78. The van der Waals surface area contributed by atoms with Gasteiger partial charge in [0.1, 0.15) is 0 Å². The largest absolute Gasteiger partial charge is 0.321 e. The SMILES string of the molecule is CC(=O)c1cccc(NC(=O)c2cc(S(=O)(=O)N3CCCC(C)C3)cs2)c1. The molecule has 1 saturated heterocycles. The van der Waals surface area contributed by atoms with Crippen LogP contribution in [-0.2, 0) is 10.0 Å². The monoisotopic (exact) mass is 406 g/mol. The fourth-order valence-corrected chi connectivity index (χ4v) is 5.85. The van der Waals surface area contributed by atoms with Crippen LogP contribution in [-0.4, -0.2) is 37.5 Å². The molecule has 27 heavy (non-hydrogen) atoms. The topological polar surface area (TPSA) is 83.5 Å². The number of hydrogen-bond donors (Lipinski definition) is 1. The number of carbonyl (C=O) groups is 2. The molecular formula is C19H22N2O4S2. The summed E-state index contributed by atoms with van der Waals surface area (Å²) < 4.78 is 27.1. The lowest BCUT2D eigenvalue weighted by Crippen LogP contribution is -2.38. The van der Waals surface area contributed by atoms with E-state index in [0.29, 0.717) is 35.1 Å². The van der Waals surface area contributed by atoms with Gasteiger partial charge in [-0.05, 0) is 43.9 Å². The Balaban J connectivity index is 1.76. The lowest BCUT2D eigenvalue weighted by Gasteiger charge is -2.29. The highest BCUT2D eigenvalue weighted by atomic mass is 32.2. The minimum Gasteiger partial charge on any atom is -0.321 e. The van der Waals surface area contributed by atoms with Gasteiger partial charge >= 0.3 is 0 Å². The number of anilines is 1. The number of Topliss-reactive ketones (excluding diaryl/α,β-unsaturated/α-hetero) is 1. The molecule has 0 bridgehead atoms. The fraction of sp³-hybridized carbons (Fsp3) is 0.368. The number of thiophene rings is 1. The van der Waals surface area contributed by atoms with E-state index in [1.165, 1.54) is 22.7 Å². The number of ketones is 1. The highest BCUT2D eigenvalue weighted by molar-refractivity contribution is 7.89. The third-order valence-electron chi connectivity index (χ3n) is 4.58. The predicted octanol–water partition coefficient (Wildman–Crippen LogP) is 3.62. The van der Waals surface area contributed by atoms with Crippen molar-refractivity contribution in [2.75, 3.05) is 18.4 Å². The minimum atomic E-state index is -3.58. The fourth-order valence-electron chi connectivity index (χ4n) is 3.10. The Labute approximate surface area is 163 Å². The summed E-state index contributed by atoms with van der Waals surface area (Å²) in [5, 5.41) is 4.23. The zero-order valence-electron chi connectivity index (χ0n) is 15.3. The van der Waals surface area contributed by atoms with Crippen molar-refractivity contribution in [1.82, 2.24) is 4.31 Å². The molecule has 8 heteroatoms. The van der Waals surface area contributed by atoms with Crippen molar-refractivity contribution in [3.8, 4) is 0 Å². The molecule has 1 unspecified atom stereocenters. The molecule has 1 aliphatic rings. The van der Waals surface area contributed by atoms with Crippen molar-refractivity contribution in [3.63, 3.8) is 0 Å². The van der Waals surface area contributed by atoms with Gasteiger partial charge in [-0.1, -0.05) is 19.1 Å². The van der Waals surface area contributed by atoms with Gasteiger partial charge in [-0.25, -0.2) is 8.42 Å². The molecule has 6 nitrogen and oxygen atoms in total. The maximum atomic E-state index is 12.8. The maximum absolute atomic E-state index is 12.8. The van der Waals surface area contributed by atoms with E-state index in [1.807, 2.05) is 6.92 Å². The van der Waals surface area contributed by atoms with Crippen LogP contribution in [0.5, 0.6) is 0 Å². The normalized spacial score (nSPS) is 18.2. The van der Waals surface area contributed by atoms with Gasteiger partial charge in [-0.3, -0.25) is 9.59 Å². The van der Waals surface area contributed by atoms with Crippen LogP contribution in [0, 0.1) is 5.92 Å². The lowest BCUT2D eigenvalue weighted by atomic mass is 10.0. The van der Waals surface area contributed by atoms with Crippen LogP contribution in [0.1, 0.15) is 46.7 Å². The molecule has 2 heterocycles. The van der Waals surface area contributed by atoms with Crippen LogP contribution in [0.3, 0.4) is 0 Å². The van der Waals surface area contributed by atoms with Crippen molar-refractivity contribution in [2.45, 2.75) is 31.6 Å². The molecule has 3 rings (SSSR count). The maximum Gasteiger partial charge on any atom is 0.265 e. The van der Waals surface area contributed by atoms with Crippen molar-refractivity contribution in [1.29, 1.82) is 0 Å². The Morgan fingerprint density at radius 1 is 1.26 bits per heavy atom. The molecule has 0 aliphatic carbocycles. The molecule has 1 atom stereocenters.